The molecule has 2 bridgehead atoms. The van der Waals surface area contributed by atoms with Gasteiger partial charge in [0.15, 0.2) is 0 Å². The largest absolute Gasteiger partial charge is 0.311 e. The van der Waals surface area contributed by atoms with Crippen LogP contribution in [0.4, 0.5) is 0 Å². The van der Waals surface area contributed by atoms with Crippen molar-refractivity contribution in [2.45, 2.75) is 25.4 Å². The van der Waals surface area contributed by atoms with Crippen LogP contribution in [0.5, 0.6) is 0 Å². The van der Waals surface area contributed by atoms with E-state index in [1.54, 1.807) is 11.2 Å². The van der Waals surface area contributed by atoms with Crippen molar-refractivity contribution in [3.8, 4) is 0 Å². The molecule has 2 aliphatic heterocycles. The van der Waals surface area contributed by atoms with Gasteiger partial charge in [-0.3, -0.25) is 0 Å². The molecule has 0 saturated carbocycles. The van der Waals surface area contributed by atoms with Gasteiger partial charge in [0, 0.05) is 25.2 Å². The maximum absolute atomic E-state index is 11.5. The number of piperazine rings is 1. The smallest absolute Gasteiger partial charge is 0.214 e. The molecule has 0 aromatic rings. The lowest BCUT2D eigenvalue weighted by Gasteiger charge is -2.25. The lowest BCUT2D eigenvalue weighted by molar-refractivity contribution is 0.349. The average molecular weight is 190 g/mol. The lowest BCUT2D eigenvalue weighted by Crippen LogP contribution is -2.46. The predicted octanol–water partition coefficient (Wildman–Crippen LogP) is -0.618. The molecule has 12 heavy (non-hydrogen) atoms. The van der Waals surface area contributed by atoms with Gasteiger partial charge in [0.25, 0.3) is 0 Å². The first-order valence-electron chi connectivity index (χ1n) is 4.36. The summed E-state index contributed by atoms with van der Waals surface area (Å²) in [4.78, 5) is 0. The molecule has 5 heteroatoms. The van der Waals surface area contributed by atoms with Gasteiger partial charge in [-0.15, -0.1) is 0 Å². The number of fused-ring (bicyclic) bond motifs is 2. The van der Waals surface area contributed by atoms with E-state index in [2.05, 4.69) is 5.32 Å². The minimum atomic E-state index is -2.94. The molecule has 2 rings (SSSR count). The molecule has 0 aromatic heterocycles. The van der Waals surface area contributed by atoms with Crippen molar-refractivity contribution in [2.75, 3.05) is 18.8 Å². The highest BCUT2D eigenvalue weighted by molar-refractivity contribution is 7.89. The highest BCUT2D eigenvalue weighted by Crippen LogP contribution is 2.25. The van der Waals surface area contributed by atoms with Crippen molar-refractivity contribution in [3.05, 3.63) is 0 Å². The predicted molar refractivity (Wildman–Crippen MR) is 46.4 cm³/mol. The number of hydrogen-bond donors (Lipinski definition) is 1. The third kappa shape index (κ3) is 1.16. The van der Waals surface area contributed by atoms with Crippen LogP contribution in [0.3, 0.4) is 0 Å². The Morgan fingerprint density at radius 3 is 2.75 bits per heavy atom. The molecule has 4 nitrogen and oxygen atoms in total. The van der Waals surface area contributed by atoms with Gasteiger partial charge in [0.1, 0.15) is 0 Å². The van der Waals surface area contributed by atoms with Crippen molar-refractivity contribution in [1.29, 1.82) is 0 Å². The summed E-state index contributed by atoms with van der Waals surface area (Å²) in [5.41, 5.74) is 0. The van der Waals surface area contributed by atoms with E-state index in [0.29, 0.717) is 12.6 Å². The summed E-state index contributed by atoms with van der Waals surface area (Å²) in [6, 6.07) is 0.649. The van der Waals surface area contributed by atoms with Crippen LogP contribution >= 0.6 is 0 Å². The normalized spacial score (nSPS) is 36.1. The Balaban J connectivity index is 2.17. The van der Waals surface area contributed by atoms with Crippen LogP contribution in [0.15, 0.2) is 0 Å². The summed E-state index contributed by atoms with van der Waals surface area (Å²) < 4.78 is 24.6. The fourth-order valence-corrected chi connectivity index (χ4v) is 3.38. The van der Waals surface area contributed by atoms with Gasteiger partial charge in [0.05, 0.1) is 5.75 Å². The minimum absolute atomic E-state index is 0.232. The summed E-state index contributed by atoms with van der Waals surface area (Å²) in [7, 11) is -2.94. The van der Waals surface area contributed by atoms with Gasteiger partial charge in [-0.05, 0) is 13.3 Å². The molecule has 0 radical (unpaired) electrons. The van der Waals surface area contributed by atoms with Gasteiger partial charge in [-0.1, -0.05) is 0 Å². The first-order valence-corrected chi connectivity index (χ1v) is 5.97. The standard InChI is InChI=1S/C7H14N2O2S/c1-2-12(10,11)9-5-6-3-7(9)4-8-6/h6-8H,2-5H2,1H3. The lowest BCUT2D eigenvalue weighted by atomic mass is 10.2. The van der Waals surface area contributed by atoms with Crippen LogP contribution in [0.1, 0.15) is 13.3 Å². The summed E-state index contributed by atoms with van der Waals surface area (Å²) in [6.07, 6.45) is 0.999. The summed E-state index contributed by atoms with van der Waals surface area (Å²) in [5.74, 6) is 0.232. The Morgan fingerprint density at radius 1 is 1.58 bits per heavy atom. The van der Waals surface area contributed by atoms with Crippen LogP contribution < -0.4 is 5.32 Å². The molecule has 0 aliphatic carbocycles. The van der Waals surface area contributed by atoms with Gasteiger partial charge >= 0.3 is 0 Å². The Labute approximate surface area is 73.0 Å². The summed E-state index contributed by atoms with van der Waals surface area (Å²) >= 11 is 0. The highest BCUT2D eigenvalue weighted by atomic mass is 32.2. The second kappa shape index (κ2) is 2.68. The molecular weight excluding hydrogens is 176 g/mol. The van der Waals surface area contributed by atoms with Crippen LogP contribution in [0, 0.1) is 0 Å². The maximum atomic E-state index is 11.5. The zero-order valence-corrected chi connectivity index (χ0v) is 7.97. The molecular formula is C7H14N2O2S. The van der Waals surface area contributed by atoms with Gasteiger partial charge in [-0.2, -0.15) is 4.31 Å². The van der Waals surface area contributed by atoms with E-state index >= 15 is 0 Å². The van der Waals surface area contributed by atoms with Crippen LogP contribution in [-0.4, -0.2) is 43.6 Å². The van der Waals surface area contributed by atoms with Gasteiger partial charge in [-0.25, -0.2) is 8.42 Å². The average Bonchev–Trinajstić information content (AvgIpc) is 2.64. The molecule has 0 aromatic carbocycles. The molecule has 2 fully saturated rings. The molecule has 2 aliphatic rings. The number of sulfonamides is 1. The second-order valence-corrected chi connectivity index (χ2v) is 5.68. The highest BCUT2D eigenvalue weighted by Gasteiger charge is 2.42. The van der Waals surface area contributed by atoms with Crippen LogP contribution in [0.2, 0.25) is 0 Å². The number of hydrogen-bond acceptors (Lipinski definition) is 3. The number of rotatable bonds is 2. The second-order valence-electron chi connectivity index (χ2n) is 3.46. The third-order valence-electron chi connectivity index (χ3n) is 2.73. The van der Waals surface area contributed by atoms with E-state index in [4.69, 9.17) is 0 Å². The third-order valence-corrected chi connectivity index (χ3v) is 4.62. The maximum Gasteiger partial charge on any atom is 0.214 e. The van der Waals surface area contributed by atoms with E-state index in [9.17, 15) is 8.42 Å². The Kier molecular flexibility index (Phi) is 1.89. The Hall–Kier alpha value is -0.130. The minimum Gasteiger partial charge on any atom is -0.311 e. The van der Waals surface area contributed by atoms with Crippen molar-refractivity contribution < 1.29 is 8.42 Å². The monoisotopic (exact) mass is 190 g/mol. The van der Waals surface area contributed by atoms with Crippen LogP contribution in [0.25, 0.3) is 0 Å². The zero-order chi connectivity index (χ0) is 8.77. The fourth-order valence-electron chi connectivity index (χ4n) is 2.03. The fraction of sp³-hybridized carbons (Fsp3) is 1.00. The summed E-state index contributed by atoms with van der Waals surface area (Å²) in [6.45, 7) is 3.22. The SMILES string of the molecule is CCS(=O)(=O)N1CC2CC1CN2. The van der Waals surface area contributed by atoms with Gasteiger partial charge in [0.2, 0.25) is 10.0 Å². The first-order chi connectivity index (χ1) is 5.63. The van der Waals surface area contributed by atoms with Crippen molar-refractivity contribution in [3.63, 3.8) is 0 Å². The van der Waals surface area contributed by atoms with E-state index < -0.39 is 10.0 Å². The Morgan fingerprint density at radius 2 is 2.33 bits per heavy atom. The molecule has 1 N–H and O–H groups in total. The number of nitrogens with zero attached hydrogens (tertiary/aromatic N) is 1. The zero-order valence-electron chi connectivity index (χ0n) is 7.16. The number of nitrogens with one attached hydrogen (secondary N) is 1. The van der Waals surface area contributed by atoms with E-state index in [1.807, 2.05) is 0 Å². The Bertz CT molecular complexity index is 275. The van der Waals surface area contributed by atoms with Crippen molar-refractivity contribution in [2.24, 2.45) is 0 Å². The molecule has 2 saturated heterocycles. The quantitative estimate of drug-likeness (QED) is 0.631. The molecule has 0 spiro atoms. The van der Waals surface area contributed by atoms with Gasteiger partial charge < -0.3 is 5.32 Å². The molecule has 2 heterocycles. The van der Waals surface area contributed by atoms with E-state index in [0.717, 1.165) is 13.0 Å². The van der Waals surface area contributed by atoms with Crippen LogP contribution in [-0.2, 0) is 10.0 Å². The molecule has 0 amide bonds. The molecule has 2 unspecified atom stereocenters. The van der Waals surface area contributed by atoms with E-state index in [1.165, 1.54) is 0 Å². The first kappa shape index (κ1) is 8.47. The van der Waals surface area contributed by atoms with E-state index in [-0.39, 0.29) is 11.8 Å². The summed E-state index contributed by atoms with van der Waals surface area (Å²) in [5, 5.41) is 3.28. The molecule has 2 atom stereocenters. The van der Waals surface area contributed by atoms with Crippen molar-refractivity contribution in [1.82, 2.24) is 9.62 Å². The topological polar surface area (TPSA) is 49.4 Å². The van der Waals surface area contributed by atoms with Crippen molar-refractivity contribution >= 4 is 10.0 Å². The molecule has 70 valence electrons.